The molecule has 0 aromatic heterocycles. The fourth-order valence-corrected chi connectivity index (χ4v) is 2.89. The summed E-state index contributed by atoms with van der Waals surface area (Å²) in [6.45, 7) is 1.65. The number of hydrogen-bond donors (Lipinski definition) is 2. The number of anilines is 2. The molecule has 0 fully saturated rings. The second kappa shape index (κ2) is 9.01. The van der Waals surface area contributed by atoms with Crippen LogP contribution in [0.1, 0.15) is 12.5 Å². The molecule has 2 aromatic carbocycles. The van der Waals surface area contributed by atoms with E-state index in [9.17, 15) is 8.78 Å². The van der Waals surface area contributed by atoms with E-state index < -0.39 is 12.2 Å². The monoisotopic (exact) mass is 397 g/mol. The molecule has 0 bridgehead atoms. The summed E-state index contributed by atoms with van der Waals surface area (Å²) >= 11 is 0. The van der Waals surface area contributed by atoms with Gasteiger partial charge in [0.1, 0.15) is 42.8 Å². The Balaban J connectivity index is 0.00000261. The van der Waals surface area contributed by atoms with E-state index in [1.54, 1.807) is 37.3 Å². The van der Waals surface area contributed by atoms with Crippen molar-refractivity contribution in [3.05, 3.63) is 53.8 Å². The molecule has 8 heteroatoms. The largest absolute Gasteiger partial charge is 0.489 e. The van der Waals surface area contributed by atoms with Gasteiger partial charge >= 0.3 is 0 Å². The van der Waals surface area contributed by atoms with Gasteiger partial charge in [-0.15, -0.1) is 12.4 Å². The molecule has 1 atom stereocenters. The third-order valence-electron chi connectivity index (χ3n) is 4.07. The summed E-state index contributed by atoms with van der Waals surface area (Å²) in [5.74, 6) is 0.467. The Morgan fingerprint density at radius 2 is 2.07 bits per heavy atom. The Bertz CT molecular complexity index is 819. The Kier molecular flexibility index (Phi) is 6.98. The number of hydrogen-bond acceptors (Lipinski definition) is 5. The van der Waals surface area contributed by atoms with Crippen molar-refractivity contribution in [2.75, 3.05) is 31.8 Å². The summed E-state index contributed by atoms with van der Waals surface area (Å²) in [6, 6.07) is 11.8. The van der Waals surface area contributed by atoms with Crippen LogP contribution in [0.4, 0.5) is 20.2 Å². The average molecular weight is 398 g/mol. The predicted octanol–water partition coefficient (Wildman–Crippen LogP) is 3.94. The highest BCUT2D eigenvalue weighted by molar-refractivity contribution is 5.85. The maximum Gasteiger partial charge on any atom is 0.142 e. The highest BCUT2D eigenvalue weighted by Gasteiger charge is 2.32. The van der Waals surface area contributed by atoms with Crippen molar-refractivity contribution < 1.29 is 18.3 Å². The fraction of sp³-hybridized carbons (Fsp3) is 0.316. The molecule has 0 saturated heterocycles. The van der Waals surface area contributed by atoms with Crippen molar-refractivity contribution in [2.24, 2.45) is 10.7 Å². The molecule has 27 heavy (non-hydrogen) atoms. The van der Waals surface area contributed by atoms with Crippen LogP contribution < -0.4 is 15.8 Å². The normalized spacial score (nSPS) is 19.0. The average Bonchev–Trinajstić information content (AvgIpc) is 2.62. The molecule has 146 valence electrons. The smallest absolute Gasteiger partial charge is 0.142 e. The van der Waals surface area contributed by atoms with Crippen LogP contribution in [0.2, 0.25) is 0 Å². The highest BCUT2D eigenvalue weighted by Crippen LogP contribution is 2.34. The molecule has 5 nitrogen and oxygen atoms in total. The predicted molar refractivity (Wildman–Crippen MR) is 105 cm³/mol. The van der Waals surface area contributed by atoms with E-state index in [1.165, 1.54) is 6.07 Å². The van der Waals surface area contributed by atoms with Crippen molar-refractivity contribution in [1.29, 1.82) is 0 Å². The summed E-state index contributed by atoms with van der Waals surface area (Å²) in [4.78, 5) is 4.39. The molecule has 1 aliphatic heterocycles. The molecule has 3 rings (SSSR count). The van der Waals surface area contributed by atoms with Gasteiger partial charge in [0.05, 0.1) is 12.3 Å². The zero-order chi connectivity index (χ0) is 18.6. The van der Waals surface area contributed by atoms with E-state index in [4.69, 9.17) is 15.2 Å². The van der Waals surface area contributed by atoms with Crippen LogP contribution in [0.15, 0.2) is 47.5 Å². The van der Waals surface area contributed by atoms with Crippen LogP contribution >= 0.6 is 12.4 Å². The van der Waals surface area contributed by atoms with Crippen LogP contribution in [-0.4, -0.2) is 32.3 Å². The van der Waals surface area contributed by atoms with Crippen molar-refractivity contribution in [1.82, 2.24) is 0 Å². The number of nitrogens with one attached hydrogen (secondary N) is 1. The van der Waals surface area contributed by atoms with Crippen LogP contribution in [0.5, 0.6) is 5.75 Å². The van der Waals surface area contributed by atoms with Gasteiger partial charge in [0.2, 0.25) is 0 Å². The number of aliphatic imine (C=N–C) groups is 1. The Morgan fingerprint density at radius 3 is 2.81 bits per heavy atom. The third kappa shape index (κ3) is 4.87. The Labute approximate surface area is 163 Å². The minimum atomic E-state index is -0.894. The number of rotatable bonds is 6. The van der Waals surface area contributed by atoms with E-state index >= 15 is 0 Å². The maximum atomic E-state index is 14.5. The van der Waals surface area contributed by atoms with Crippen molar-refractivity contribution in [3.63, 3.8) is 0 Å². The third-order valence-corrected chi connectivity index (χ3v) is 4.07. The minimum Gasteiger partial charge on any atom is -0.489 e. The lowest BCUT2D eigenvalue weighted by molar-refractivity contribution is 0.104. The summed E-state index contributed by atoms with van der Waals surface area (Å²) < 4.78 is 37.7. The molecule has 0 amide bonds. The fourth-order valence-electron chi connectivity index (χ4n) is 2.89. The lowest BCUT2D eigenvalue weighted by Crippen LogP contribution is -2.38. The zero-order valence-electron chi connectivity index (χ0n) is 14.9. The van der Waals surface area contributed by atoms with Gasteiger partial charge in [0.25, 0.3) is 0 Å². The number of nitrogens with two attached hydrogens (primary N) is 1. The molecule has 1 unspecified atom stereocenters. The Morgan fingerprint density at radius 1 is 1.30 bits per heavy atom. The topological polar surface area (TPSA) is 68.9 Å². The molecule has 2 aromatic rings. The SMILES string of the molecule is CC1(c2cc(Nc3ccccc3OCCF)ccc2F)COCC(N)=N1.Cl. The lowest BCUT2D eigenvalue weighted by atomic mass is 9.91. The number of benzene rings is 2. The van der Waals surface area contributed by atoms with Gasteiger partial charge < -0.3 is 20.5 Å². The van der Waals surface area contributed by atoms with E-state index in [2.05, 4.69) is 10.3 Å². The quantitative estimate of drug-likeness (QED) is 0.774. The van der Waals surface area contributed by atoms with Gasteiger partial charge in [-0.1, -0.05) is 12.1 Å². The number of halogens is 3. The molecule has 1 heterocycles. The van der Waals surface area contributed by atoms with Crippen LogP contribution in [-0.2, 0) is 10.3 Å². The number of para-hydroxylation sites is 2. The molecule has 0 saturated carbocycles. The molecular weight excluding hydrogens is 376 g/mol. The first kappa shape index (κ1) is 20.9. The van der Waals surface area contributed by atoms with Gasteiger partial charge in [-0.05, 0) is 37.3 Å². The summed E-state index contributed by atoms with van der Waals surface area (Å²) in [5, 5.41) is 3.18. The number of amidine groups is 1. The van der Waals surface area contributed by atoms with Crippen LogP contribution in [0.25, 0.3) is 0 Å². The number of nitrogens with zero attached hydrogens (tertiary/aromatic N) is 1. The molecule has 1 aliphatic rings. The zero-order valence-corrected chi connectivity index (χ0v) is 15.7. The van der Waals surface area contributed by atoms with Gasteiger partial charge in [-0.25, -0.2) is 8.78 Å². The van der Waals surface area contributed by atoms with Gasteiger partial charge in [-0.3, -0.25) is 4.99 Å². The van der Waals surface area contributed by atoms with Gasteiger partial charge in [0, 0.05) is 11.3 Å². The van der Waals surface area contributed by atoms with Crippen LogP contribution in [0.3, 0.4) is 0 Å². The van der Waals surface area contributed by atoms with E-state index in [0.29, 0.717) is 28.5 Å². The maximum absolute atomic E-state index is 14.5. The van der Waals surface area contributed by atoms with Gasteiger partial charge in [0.15, 0.2) is 0 Å². The van der Waals surface area contributed by atoms with E-state index in [0.717, 1.165) is 0 Å². The summed E-state index contributed by atoms with van der Waals surface area (Å²) in [6.07, 6.45) is 0. The standard InChI is InChI=1S/C19H21F2N3O2.ClH/c1-19(12-25-11-18(22)24-19)14-10-13(6-7-15(14)21)23-16-4-2-3-5-17(16)26-9-8-20;/h2-7,10,23H,8-9,11-12H2,1H3,(H2,22,24);1H. The molecular formula is C19H22ClF2N3O2. The van der Waals surface area contributed by atoms with E-state index in [1.807, 2.05) is 6.07 Å². The number of ether oxygens (including phenoxy) is 2. The Hall–Kier alpha value is -2.38. The molecule has 0 spiro atoms. The van der Waals surface area contributed by atoms with E-state index in [-0.39, 0.29) is 38.0 Å². The molecule has 0 aliphatic carbocycles. The first-order chi connectivity index (χ1) is 12.5. The second-order valence-electron chi connectivity index (χ2n) is 6.22. The highest BCUT2D eigenvalue weighted by atomic mass is 35.5. The first-order valence-electron chi connectivity index (χ1n) is 8.28. The van der Waals surface area contributed by atoms with Gasteiger partial charge in [-0.2, -0.15) is 0 Å². The summed E-state index contributed by atoms with van der Waals surface area (Å²) in [5.41, 5.74) is 6.56. The van der Waals surface area contributed by atoms with Crippen molar-refractivity contribution in [3.8, 4) is 5.75 Å². The molecule has 0 radical (unpaired) electrons. The van der Waals surface area contributed by atoms with Crippen LogP contribution in [0, 0.1) is 5.82 Å². The molecule has 3 N–H and O–H groups in total. The second-order valence-corrected chi connectivity index (χ2v) is 6.22. The first-order valence-corrected chi connectivity index (χ1v) is 8.28. The van der Waals surface area contributed by atoms with Crippen molar-refractivity contribution in [2.45, 2.75) is 12.5 Å². The minimum absolute atomic E-state index is 0. The number of alkyl halides is 1. The summed E-state index contributed by atoms with van der Waals surface area (Å²) in [7, 11) is 0. The van der Waals surface area contributed by atoms with Crippen molar-refractivity contribution >= 4 is 29.6 Å². The lowest BCUT2D eigenvalue weighted by Gasteiger charge is -2.30.